The number of allylic oxidation sites excluding steroid dienone is 1. The van der Waals surface area contributed by atoms with E-state index in [1.165, 1.54) is 25.7 Å². The van der Waals surface area contributed by atoms with Crippen LogP contribution in [0.4, 0.5) is 0 Å². The first-order chi connectivity index (χ1) is 11.2. The zero-order valence-corrected chi connectivity index (χ0v) is 14.6. The van der Waals surface area contributed by atoms with Crippen LogP contribution in [0, 0.1) is 0 Å². The molecule has 3 nitrogen and oxygen atoms in total. The maximum Gasteiger partial charge on any atom is 0.161 e. The monoisotopic (exact) mass is 316 g/mol. The van der Waals surface area contributed by atoms with Crippen LogP contribution < -0.4 is 9.47 Å². The number of unbranched alkanes of at least 4 members (excludes halogenated alkanes) is 3. The van der Waals surface area contributed by atoms with Gasteiger partial charge in [0.15, 0.2) is 11.5 Å². The molecule has 0 radical (unpaired) electrons. The molecule has 126 valence electrons. The van der Waals surface area contributed by atoms with E-state index in [-0.39, 0.29) is 6.10 Å². The highest BCUT2D eigenvalue weighted by atomic mass is 16.5. The summed E-state index contributed by atoms with van der Waals surface area (Å²) >= 11 is 0. The molecule has 0 aliphatic carbocycles. The second-order valence-corrected chi connectivity index (χ2v) is 5.89. The topological polar surface area (TPSA) is 27.7 Å². The zero-order chi connectivity index (χ0) is 16.7. The van der Waals surface area contributed by atoms with Crippen molar-refractivity contribution in [3.05, 3.63) is 41.7 Å². The standard InChI is InChI=1S/C20H28O3/c1-5-7-8-9-11-16-12-15-13-19(21-3)20(22-4)14-17(15)18(23-16)10-6-2/h6,12-14,18H,2,5,7-11H2,1,3-4H3. The highest BCUT2D eigenvalue weighted by Gasteiger charge is 2.23. The van der Waals surface area contributed by atoms with Crippen LogP contribution in [0.25, 0.3) is 6.08 Å². The molecule has 3 heteroatoms. The first-order valence-corrected chi connectivity index (χ1v) is 8.47. The van der Waals surface area contributed by atoms with Crippen LogP contribution in [0.2, 0.25) is 0 Å². The van der Waals surface area contributed by atoms with Gasteiger partial charge in [0.1, 0.15) is 6.10 Å². The zero-order valence-electron chi connectivity index (χ0n) is 14.6. The van der Waals surface area contributed by atoms with E-state index in [1.54, 1.807) is 14.2 Å². The lowest BCUT2D eigenvalue weighted by atomic mass is 9.95. The normalized spacial score (nSPS) is 16.1. The number of hydrogen-bond donors (Lipinski definition) is 0. The summed E-state index contributed by atoms with van der Waals surface area (Å²) in [6.45, 7) is 6.09. The Hall–Kier alpha value is -1.90. The second kappa shape index (κ2) is 8.66. The predicted octanol–water partition coefficient (Wildman–Crippen LogP) is 5.66. The second-order valence-electron chi connectivity index (χ2n) is 5.89. The molecule has 1 atom stereocenters. The van der Waals surface area contributed by atoms with Crippen LogP contribution in [-0.2, 0) is 4.74 Å². The Bertz CT molecular complexity index is 560. The van der Waals surface area contributed by atoms with Crippen molar-refractivity contribution in [1.29, 1.82) is 0 Å². The van der Waals surface area contributed by atoms with Crippen LogP contribution >= 0.6 is 0 Å². The summed E-state index contributed by atoms with van der Waals surface area (Å²) in [6, 6.07) is 4.06. The van der Waals surface area contributed by atoms with E-state index in [4.69, 9.17) is 14.2 Å². The van der Waals surface area contributed by atoms with Gasteiger partial charge in [0, 0.05) is 18.4 Å². The van der Waals surface area contributed by atoms with Crippen molar-refractivity contribution >= 4 is 6.08 Å². The molecule has 0 saturated heterocycles. The maximum absolute atomic E-state index is 6.20. The Labute approximate surface area is 139 Å². The number of ether oxygens (including phenoxy) is 3. The third kappa shape index (κ3) is 4.31. The van der Waals surface area contributed by atoms with Gasteiger partial charge in [-0.05, 0) is 30.2 Å². The summed E-state index contributed by atoms with van der Waals surface area (Å²) in [7, 11) is 3.33. The Morgan fingerprint density at radius 1 is 1.13 bits per heavy atom. The minimum Gasteiger partial charge on any atom is -0.493 e. The average molecular weight is 316 g/mol. The van der Waals surface area contributed by atoms with Gasteiger partial charge in [-0.3, -0.25) is 0 Å². The first-order valence-electron chi connectivity index (χ1n) is 8.47. The number of fused-ring (bicyclic) bond motifs is 1. The van der Waals surface area contributed by atoms with Crippen molar-refractivity contribution in [2.24, 2.45) is 0 Å². The number of benzene rings is 1. The molecule has 1 unspecified atom stereocenters. The van der Waals surface area contributed by atoms with Gasteiger partial charge in [-0.25, -0.2) is 0 Å². The molecule has 1 heterocycles. The molecule has 0 aromatic heterocycles. The first kappa shape index (κ1) is 17.5. The number of rotatable bonds is 9. The van der Waals surface area contributed by atoms with Crippen LogP contribution in [0.1, 0.15) is 62.7 Å². The van der Waals surface area contributed by atoms with Crippen molar-refractivity contribution in [3.63, 3.8) is 0 Å². The molecule has 0 bridgehead atoms. The molecule has 0 saturated carbocycles. The predicted molar refractivity (Wildman–Crippen MR) is 94.9 cm³/mol. The van der Waals surface area contributed by atoms with Gasteiger partial charge in [0.2, 0.25) is 0 Å². The molecule has 1 aromatic rings. The van der Waals surface area contributed by atoms with Crippen molar-refractivity contribution in [3.8, 4) is 11.5 Å². The molecular weight excluding hydrogens is 288 g/mol. The third-order valence-corrected chi connectivity index (χ3v) is 4.20. The van der Waals surface area contributed by atoms with Crippen LogP contribution in [-0.4, -0.2) is 14.2 Å². The lowest BCUT2D eigenvalue weighted by Crippen LogP contribution is -2.11. The van der Waals surface area contributed by atoms with Crippen LogP contribution in [0.5, 0.6) is 11.5 Å². The van der Waals surface area contributed by atoms with Crippen LogP contribution in [0.3, 0.4) is 0 Å². The van der Waals surface area contributed by atoms with Gasteiger partial charge in [-0.2, -0.15) is 0 Å². The molecule has 23 heavy (non-hydrogen) atoms. The SMILES string of the molecule is C=CCC1OC(CCCCCC)=Cc2cc(OC)c(OC)cc21. The Kier molecular flexibility index (Phi) is 6.57. The van der Waals surface area contributed by atoms with Crippen LogP contribution in [0.15, 0.2) is 30.5 Å². The van der Waals surface area contributed by atoms with Gasteiger partial charge in [0.25, 0.3) is 0 Å². The summed E-state index contributed by atoms with van der Waals surface area (Å²) in [6.07, 6.45) is 10.8. The highest BCUT2D eigenvalue weighted by Crippen LogP contribution is 2.41. The van der Waals surface area contributed by atoms with Gasteiger partial charge < -0.3 is 14.2 Å². The number of hydrogen-bond acceptors (Lipinski definition) is 3. The molecule has 0 fully saturated rings. The van der Waals surface area contributed by atoms with Gasteiger partial charge in [0.05, 0.1) is 20.0 Å². The fourth-order valence-corrected chi connectivity index (χ4v) is 2.95. The Morgan fingerprint density at radius 2 is 1.87 bits per heavy atom. The van der Waals surface area contributed by atoms with Crippen molar-refractivity contribution in [1.82, 2.24) is 0 Å². The van der Waals surface area contributed by atoms with E-state index in [1.807, 2.05) is 18.2 Å². The molecule has 1 aromatic carbocycles. The Morgan fingerprint density at radius 3 is 2.52 bits per heavy atom. The van der Waals surface area contributed by atoms with E-state index in [0.717, 1.165) is 41.2 Å². The minimum atomic E-state index is 0.00785. The fraction of sp³-hybridized carbons (Fsp3) is 0.500. The Balaban J connectivity index is 2.26. The van der Waals surface area contributed by atoms with Gasteiger partial charge >= 0.3 is 0 Å². The third-order valence-electron chi connectivity index (χ3n) is 4.20. The molecule has 0 N–H and O–H groups in total. The van der Waals surface area contributed by atoms with E-state index >= 15 is 0 Å². The molecule has 1 aliphatic heterocycles. The molecule has 1 aliphatic rings. The lowest BCUT2D eigenvalue weighted by Gasteiger charge is -2.27. The largest absolute Gasteiger partial charge is 0.493 e. The quantitative estimate of drug-likeness (QED) is 0.434. The highest BCUT2D eigenvalue weighted by molar-refractivity contribution is 5.63. The molecule has 0 amide bonds. The van der Waals surface area contributed by atoms with Gasteiger partial charge in [-0.15, -0.1) is 6.58 Å². The van der Waals surface area contributed by atoms with Gasteiger partial charge in [-0.1, -0.05) is 32.3 Å². The smallest absolute Gasteiger partial charge is 0.161 e. The minimum absolute atomic E-state index is 0.00785. The average Bonchev–Trinajstić information content (AvgIpc) is 2.57. The van der Waals surface area contributed by atoms with E-state index in [2.05, 4.69) is 19.6 Å². The van der Waals surface area contributed by atoms with E-state index in [0.29, 0.717) is 0 Å². The molecule has 2 rings (SSSR count). The number of methoxy groups -OCH3 is 2. The van der Waals surface area contributed by atoms with Crippen molar-refractivity contribution in [2.75, 3.05) is 14.2 Å². The van der Waals surface area contributed by atoms with Crippen molar-refractivity contribution in [2.45, 2.75) is 51.6 Å². The van der Waals surface area contributed by atoms with Crippen molar-refractivity contribution < 1.29 is 14.2 Å². The van der Waals surface area contributed by atoms with E-state index in [9.17, 15) is 0 Å². The summed E-state index contributed by atoms with van der Waals surface area (Å²) in [5, 5.41) is 0. The maximum atomic E-state index is 6.20. The molecular formula is C20H28O3. The summed E-state index contributed by atoms with van der Waals surface area (Å²) in [4.78, 5) is 0. The lowest BCUT2D eigenvalue weighted by molar-refractivity contribution is 0.109. The summed E-state index contributed by atoms with van der Waals surface area (Å²) in [5.74, 6) is 2.56. The summed E-state index contributed by atoms with van der Waals surface area (Å²) < 4.78 is 17.1. The summed E-state index contributed by atoms with van der Waals surface area (Å²) in [5.41, 5.74) is 2.30. The fourth-order valence-electron chi connectivity index (χ4n) is 2.95. The molecule has 0 spiro atoms. The van der Waals surface area contributed by atoms with E-state index < -0.39 is 0 Å².